The van der Waals surface area contributed by atoms with Crippen LogP contribution in [0.5, 0.6) is 0 Å². The average molecular weight is 197 g/mol. The van der Waals surface area contributed by atoms with E-state index in [1.54, 1.807) is 0 Å². The van der Waals surface area contributed by atoms with E-state index in [9.17, 15) is 0 Å². The molecule has 15 heavy (non-hydrogen) atoms. The molecule has 1 aromatic rings. The number of fused-ring (bicyclic) bond motifs is 1. The number of hydrogen-bond acceptors (Lipinski definition) is 1. The molecule has 0 aromatic heterocycles. The van der Waals surface area contributed by atoms with E-state index in [1.165, 1.54) is 11.1 Å². The lowest BCUT2D eigenvalue weighted by molar-refractivity contribution is 0.590. The van der Waals surface area contributed by atoms with Crippen molar-refractivity contribution in [2.24, 2.45) is 0 Å². The number of hydrogen-bond donors (Lipinski definition) is 0. The molecule has 0 heterocycles. The van der Waals surface area contributed by atoms with Crippen LogP contribution in [0.4, 0.5) is 0 Å². The summed E-state index contributed by atoms with van der Waals surface area (Å²) in [6.45, 7) is 6.58. The van der Waals surface area contributed by atoms with Crippen LogP contribution in [-0.2, 0) is 11.8 Å². The lowest BCUT2D eigenvalue weighted by Gasteiger charge is -2.20. The average Bonchev–Trinajstić information content (AvgIpc) is 2.57. The highest BCUT2D eigenvalue weighted by Gasteiger charge is 2.19. The third-order valence-corrected chi connectivity index (χ3v) is 2.91. The Hall–Kier alpha value is -1.55. The zero-order valence-electron chi connectivity index (χ0n) is 9.46. The first-order chi connectivity index (χ1) is 7.02. The van der Waals surface area contributed by atoms with Gasteiger partial charge in [-0.05, 0) is 34.6 Å². The number of nitriles is 1. The van der Waals surface area contributed by atoms with E-state index in [0.29, 0.717) is 0 Å². The molecule has 1 aliphatic rings. The topological polar surface area (TPSA) is 23.8 Å². The van der Waals surface area contributed by atoms with Crippen LogP contribution in [0.15, 0.2) is 24.3 Å². The Morgan fingerprint density at radius 1 is 1.27 bits per heavy atom. The molecule has 1 aromatic carbocycles. The maximum Gasteiger partial charge on any atom is 0.0994 e. The summed E-state index contributed by atoms with van der Waals surface area (Å²) in [6, 6.07) is 8.75. The van der Waals surface area contributed by atoms with Crippen molar-refractivity contribution in [2.75, 3.05) is 0 Å². The van der Waals surface area contributed by atoms with E-state index in [-0.39, 0.29) is 5.41 Å². The van der Waals surface area contributed by atoms with Crippen molar-refractivity contribution in [1.29, 1.82) is 5.26 Å². The van der Waals surface area contributed by atoms with E-state index in [1.807, 2.05) is 6.08 Å². The molecule has 0 atom stereocenters. The van der Waals surface area contributed by atoms with Gasteiger partial charge in [-0.1, -0.05) is 39.0 Å². The highest BCUT2D eigenvalue weighted by molar-refractivity contribution is 5.82. The fourth-order valence-electron chi connectivity index (χ4n) is 1.90. The van der Waals surface area contributed by atoms with Gasteiger partial charge < -0.3 is 0 Å². The summed E-state index contributed by atoms with van der Waals surface area (Å²) >= 11 is 0. The third-order valence-electron chi connectivity index (χ3n) is 2.91. The van der Waals surface area contributed by atoms with Gasteiger partial charge in [-0.2, -0.15) is 5.26 Å². The van der Waals surface area contributed by atoms with E-state index >= 15 is 0 Å². The number of rotatable bonds is 0. The summed E-state index contributed by atoms with van der Waals surface area (Å²) in [4.78, 5) is 0. The Kier molecular flexibility index (Phi) is 2.16. The largest absolute Gasteiger partial charge is 0.192 e. The Balaban J connectivity index is 2.52. The summed E-state index contributed by atoms with van der Waals surface area (Å²) in [5, 5.41) is 8.99. The maximum absolute atomic E-state index is 8.99. The van der Waals surface area contributed by atoms with Gasteiger partial charge in [0, 0.05) is 0 Å². The van der Waals surface area contributed by atoms with E-state index in [0.717, 1.165) is 17.6 Å². The van der Waals surface area contributed by atoms with E-state index in [2.05, 4.69) is 45.0 Å². The summed E-state index contributed by atoms with van der Waals surface area (Å²) in [5.74, 6) is 0. The fraction of sp³-hybridized carbons (Fsp3) is 0.357. The van der Waals surface area contributed by atoms with Crippen LogP contribution in [-0.4, -0.2) is 0 Å². The molecule has 0 spiro atoms. The zero-order valence-corrected chi connectivity index (χ0v) is 9.46. The summed E-state index contributed by atoms with van der Waals surface area (Å²) in [5.41, 5.74) is 4.68. The number of allylic oxidation sites excluding steroid dienone is 2. The minimum Gasteiger partial charge on any atom is -0.192 e. The van der Waals surface area contributed by atoms with Crippen molar-refractivity contribution in [1.82, 2.24) is 0 Å². The highest BCUT2D eigenvalue weighted by Crippen LogP contribution is 2.31. The van der Waals surface area contributed by atoms with Crippen LogP contribution >= 0.6 is 0 Å². The first-order valence-electron chi connectivity index (χ1n) is 5.26. The molecule has 76 valence electrons. The Morgan fingerprint density at radius 2 is 2.00 bits per heavy atom. The standard InChI is InChI=1S/C14H15N/c1-14(2,3)12-7-6-10-4-5-11(9-15)13(10)8-12/h5-8H,4H2,1-3H3. The van der Waals surface area contributed by atoms with Gasteiger partial charge in [0.15, 0.2) is 0 Å². The van der Waals surface area contributed by atoms with Crippen molar-refractivity contribution >= 4 is 5.57 Å². The first-order valence-corrected chi connectivity index (χ1v) is 5.26. The van der Waals surface area contributed by atoms with Crippen molar-refractivity contribution < 1.29 is 0 Å². The molecule has 0 N–H and O–H groups in total. The maximum atomic E-state index is 8.99. The predicted octanol–water partition coefficient (Wildman–Crippen LogP) is 3.45. The number of benzene rings is 1. The SMILES string of the molecule is CC(C)(C)c1ccc2c(c1)C(C#N)=CC2. The normalized spacial score (nSPS) is 14.4. The summed E-state index contributed by atoms with van der Waals surface area (Å²) in [7, 11) is 0. The second kappa shape index (κ2) is 3.24. The lowest BCUT2D eigenvalue weighted by atomic mass is 9.85. The van der Waals surface area contributed by atoms with Crippen LogP contribution in [0.2, 0.25) is 0 Å². The molecule has 1 nitrogen and oxygen atoms in total. The lowest BCUT2D eigenvalue weighted by Crippen LogP contribution is -2.11. The van der Waals surface area contributed by atoms with Crippen molar-refractivity contribution in [3.63, 3.8) is 0 Å². The van der Waals surface area contributed by atoms with Crippen LogP contribution < -0.4 is 0 Å². The van der Waals surface area contributed by atoms with E-state index in [4.69, 9.17) is 5.26 Å². The van der Waals surface area contributed by atoms with Gasteiger partial charge in [0.2, 0.25) is 0 Å². The number of nitrogens with zero attached hydrogens (tertiary/aromatic N) is 1. The van der Waals surface area contributed by atoms with Gasteiger partial charge in [0.05, 0.1) is 11.6 Å². The minimum atomic E-state index is 0.151. The van der Waals surface area contributed by atoms with Gasteiger partial charge in [-0.15, -0.1) is 0 Å². The third kappa shape index (κ3) is 1.68. The second-order valence-electron chi connectivity index (χ2n) is 5.06. The Bertz CT molecular complexity index is 467. The van der Waals surface area contributed by atoms with Crippen LogP contribution in [0, 0.1) is 11.3 Å². The van der Waals surface area contributed by atoms with Gasteiger partial charge >= 0.3 is 0 Å². The van der Waals surface area contributed by atoms with Crippen molar-refractivity contribution in [2.45, 2.75) is 32.6 Å². The van der Waals surface area contributed by atoms with Gasteiger partial charge in [-0.3, -0.25) is 0 Å². The first kappa shape index (κ1) is 9.98. The molecule has 1 heteroatoms. The second-order valence-corrected chi connectivity index (χ2v) is 5.06. The van der Waals surface area contributed by atoms with Gasteiger partial charge in [-0.25, -0.2) is 0 Å². The van der Waals surface area contributed by atoms with Crippen LogP contribution in [0.25, 0.3) is 5.57 Å². The Morgan fingerprint density at radius 3 is 2.60 bits per heavy atom. The molecule has 1 aliphatic carbocycles. The highest BCUT2D eigenvalue weighted by atomic mass is 14.3. The molecule has 0 radical (unpaired) electrons. The fourth-order valence-corrected chi connectivity index (χ4v) is 1.90. The molecule has 0 amide bonds. The van der Waals surface area contributed by atoms with Crippen molar-refractivity contribution in [3.8, 4) is 6.07 Å². The quantitative estimate of drug-likeness (QED) is 0.625. The predicted molar refractivity (Wildman–Crippen MR) is 62.4 cm³/mol. The molecule has 0 bridgehead atoms. The smallest absolute Gasteiger partial charge is 0.0994 e. The Labute approximate surface area is 91.0 Å². The molecule has 0 unspecified atom stereocenters. The molecule has 0 saturated heterocycles. The van der Waals surface area contributed by atoms with Crippen LogP contribution in [0.1, 0.15) is 37.5 Å². The van der Waals surface area contributed by atoms with Gasteiger partial charge in [0.25, 0.3) is 0 Å². The molecule has 2 rings (SSSR count). The molecular formula is C14H15N. The van der Waals surface area contributed by atoms with Crippen LogP contribution in [0.3, 0.4) is 0 Å². The minimum absolute atomic E-state index is 0.151. The van der Waals surface area contributed by atoms with E-state index < -0.39 is 0 Å². The molecule has 0 aliphatic heterocycles. The summed E-state index contributed by atoms with van der Waals surface area (Å²) < 4.78 is 0. The molecule has 0 fully saturated rings. The molecular weight excluding hydrogens is 182 g/mol. The van der Waals surface area contributed by atoms with Gasteiger partial charge in [0.1, 0.15) is 0 Å². The monoisotopic (exact) mass is 197 g/mol. The summed E-state index contributed by atoms with van der Waals surface area (Å²) in [6.07, 6.45) is 2.92. The van der Waals surface area contributed by atoms with Crippen molar-refractivity contribution in [3.05, 3.63) is 41.0 Å². The molecule has 0 saturated carbocycles. The zero-order chi connectivity index (χ0) is 11.1.